The van der Waals surface area contributed by atoms with Crippen LogP contribution in [0.4, 0.5) is 0 Å². The van der Waals surface area contributed by atoms with Gasteiger partial charge >= 0.3 is 0 Å². The van der Waals surface area contributed by atoms with Crippen LogP contribution in [0.2, 0.25) is 0 Å². The molecular weight excluding hydrogens is 1520 g/mol. The quantitative estimate of drug-likeness (QED) is 0.127. The van der Waals surface area contributed by atoms with E-state index >= 15 is 0 Å². The van der Waals surface area contributed by atoms with Crippen molar-refractivity contribution in [2.45, 2.75) is 0 Å². The van der Waals surface area contributed by atoms with Crippen LogP contribution in [0.25, 0.3) is 252 Å². The summed E-state index contributed by atoms with van der Waals surface area (Å²) in [5, 5.41) is 24.3. The molecule has 27 rings (SSSR count). The number of rotatable bonds is 10. The minimum Gasteiger partial charge on any atom is -0.309 e. The maximum Gasteiger partial charge on any atom is 0.238 e. The molecule has 570 valence electrons. The summed E-state index contributed by atoms with van der Waals surface area (Å²) in [6, 6.07) is 144. The Labute approximate surface area is 707 Å². The maximum atomic E-state index is 5.36. The molecular formula is C112H66N10S. The molecule has 0 spiro atoms. The molecule has 0 N–H and O–H groups in total. The maximum absolute atomic E-state index is 5.36. The largest absolute Gasteiger partial charge is 0.309 e. The molecule has 0 aliphatic rings. The molecule has 0 fully saturated rings. The molecule has 10 nitrogen and oxygen atoms in total. The minimum atomic E-state index is 0.577. The number of benzene rings is 20. The van der Waals surface area contributed by atoms with Crippen molar-refractivity contribution in [1.82, 2.24) is 48.2 Å². The number of fused-ring (bicyclic) bond motifs is 12. The van der Waals surface area contributed by atoms with Crippen molar-refractivity contribution in [1.29, 1.82) is 0 Å². The van der Waals surface area contributed by atoms with E-state index in [-0.39, 0.29) is 0 Å². The van der Waals surface area contributed by atoms with Gasteiger partial charge in [-0.05, 0) is 162 Å². The molecule has 11 heteroatoms. The summed E-state index contributed by atoms with van der Waals surface area (Å²) < 4.78 is 12.0. The lowest BCUT2D eigenvalue weighted by Gasteiger charge is -2.13. The predicted molar refractivity (Wildman–Crippen MR) is 512 cm³/mol. The topological polar surface area (TPSA) is 97.1 Å². The van der Waals surface area contributed by atoms with Crippen LogP contribution in [0.15, 0.2) is 400 Å². The summed E-state index contributed by atoms with van der Waals surface area (Å²) in [4.78, 5) is 31.2. The summed E-state index contributed by atoms with van der Waals surface area (Å²) in [6.45, 7) is 0. The van der Waals surface area contributed by atoms with Crippen LogP contribution < -0.4 is 0 Å². The first-order chi connectivity index (χ1) is 61.0. The molecule has 0 bridgehead atoms. The van der Waals surface area contributed by atoms with E-state index in [4.69, 9.17) is 29.9 Å². The van der Waals surface area contributed by atoms with Crippen molar-refractivity contribution in [3.8, 4) is 91.1 Å². The lowest BCUT2D eigenvalue weighted by Crippen LogP contribution is -2.06. The Hall–Kier alpha value is -16.3. The fraction of sp³-hybridized carbons (Fsp3) is 0. The summed E-state index contributed by atoms with van der Waals surface area (Å²) in [5.74, 6) is 3.71. The highest BCUT2D eigenvalue weighted by Gasteiger charge is 2.27. The average molecular weight is 1580 g/mol. The minimum absolute atomic E-state index is 0.577. The van der Waals surface area contributed by atoms with Gasteiger partial charge in [0, 0.05) is 96.6 Å². The monoisotopic (exact) mass is 1580 g/mol. The zero-order valence-corrected chi connectivity index (χ0v) is 66.8. The normalized spacial score (nSPS) is 12.1. The van der Waals surface area contributed by atoms with Crippen molar-refractivity contribution in [3.63, 3.8) is 0 Å². The van der Waals surface area contributed by atoms with Crippen molar-refractivity contribution in [3.05, 3.63) is 400 Å². The van der Waals surface area contributed by atoms with Crippen LogP contribution in [0.1, 0.15) is 0 Å². The second-order valence-corrected chi connectivity index (χ2v) is 33.0. The van der Waals surface area contributed by atoms with Gasteiger partial charge in [-0.15, -0.1) is 11.3 Å². The molecule has 7 heterocycles. The van der Waals surface area contributed by atoms with Crippen LogP contribution in [0.5, 0.6) is 0 Å². The first-order valence-electron chi connectivity index (χ1n) is 41.6. The number of hydrogen-bond acceptors (Lipinski definition) is 7. The smallest absolute Gasteiger partial charge is 0.238 e. The highest BCUT2D eigenvalue weighted by atomic mass is 32.1. The van der Waals surface area contributed by atoms with Gasteiger partial charge < -0.3 is 9.13 Å². The summed E-state index contributed by atoms with van der Waals surface area (Å²) in [6.07, 6.45) is 0. The first-order valence-corrected chi connectivity index (χ1v) is 42.5. The van der Waals surface area contributed by atoms with Gasteiger partial charge in [-0.1, -0.05) is 309 Å². The lowest BCUT2D eigenvalue weighted by molar-refractivity contribution is 0.953. The molecule has 0 radical (unpaired) electrons. The standard InChI is InChI=1S/C59H35N5.C53H31N5S/c1-4-20-41-36(13-1)16-9-24-47(41)57-60-58(48-25-10-17-37-14-2-5-21-42(37)48)62-59(61-57)64-51-26-8-7-23-45(51)49-35-40(30-33-52(49)64)43-32-34-54-56-46(43)31-29-39-19-12-28-53(55(39)56)63(54)50-27-11-18-38-15-3-6-22-44(38)50;1-3-12-33(13-4-1)51-54-52(34-14-5-2-6-15-34)56-53(55-51)58-43-19-9-7-17-38(43)41-30-35(23-27-44(41)58)37-26-28-46-50-40(37)25-22-32-16-11-20-45(49(32)50)57(46)36-24-29-48-42(31-36)39-18-8-10-21-47(39)59-48/h1-35H;1-31H. The highest BCUT2D eigenvalue weighted by molar-refractivity contribution is 7.25. The van der Waals surface area contributed by atoms with Crippen molar-refractivity contribution in [2.75, 3.05) is 0 Å². The van der Waals surface area contributed by atoms with Gasteiger partial charge in [0.15, 0.2) is 23.3 Å². The molecule has 0 saturated carbocycles. The Kier molecular flexibility index (Phi) is 15.1. The zero-order chi connectivity index (χ0) is 80.5. The van der Waals surface area contributed by atoms with Gasteiger partial charge in [-0.25, -0.2) is 9.97 Å². The number of hydrogen-bond donors (Lipinski definition) is 0. The number of para-hydroxylation sites is 2. The molecule has 27 aromatic rings. The van der Waals surface area contributed by atoms with Crippen LogP contribution in [0, 0.1) is 0 Å². The Balaban J connectivity index is 0.000000132. The highest BCUT2D eigenvalue weighted by Crippen LogP contribution is 2.49. The van der Waals surface area contributed by atoms with Gasteiger partial charge in [-0.3, -0.25) is 9.13 Å². The third kappa shape index (κ3) is 10.6. The van der Waals surface area contributed by atoms with E-state index in [0.717, 1.165) is 93.0 Å². The fourth-order valence-electron chi connectivity index (χ4n) is 19.8. The third-order valence-corrected chi connectivity index (χ3v) is 26.4. The molecule has 7 aromatic heterocycles. The summed E-state index contributed by atoms with van der Waals surface area (Å²) in [7, 11) is 0. The molecule has 0 aliphatic heterocycles. The molecule has 0 unspecified atom stereocenters. The average Bonchev–Trinajstić information content (AvgIpc) is 1.56. The molecule has 20 aromatic carbocycles. The molecule has 0 saturated heterocycles. The van der Waals surface area contributed by atoms with Crippen LogP contribution >= 0.6 is 11.3 Å². The molecule has 0 aliphatic carbocycles. The van der Waals surface area contributed by atoms with Gasteiger partial charge in [0.1, 0.15) is 0 Å². The van der Waals surface area contributed by atoms with Crippen molar-refractivity contribution < 1.29 is 0 Å². The van der Waals surface area contributed by atoms with E-state index in [1.807, 2.05) is 72.0 Å². The van der Waals surface area contributed by atoms with Crippen molar-refractivity contribution >= 4 is 173 Å². The lowest BCUT2D eigenvalue weighted by atomic mass is 9.94. The Morgan fingerprint density at radius 1 is 0.179 bits per heavy atom. The van der Waals surface area contributed by atoms with Crippen LogP contribution in [-0.2, 0) is 0 Å². The van der Waals surface area contributed by atoms with E-state index in [2.05, 4.69) is 358 Å². The van der Waals surface area contributed by atoms with E-state index < -0.39 is 0 Å². The summed E-state index contributed by atoms with van der Waals surface area (Å²) in [5.41, 5.74) is 19.9. The third-order valence-electron chi connectivity index (χ3n) is 25.3. The Bertz CT molecular complexity index is 8870. The Morgan fingerprint density at radius 3 is 1.13 bits per heavy atom. The summed E-state index contributed by atoms with van der Waals surface area (Å²) >= 11 is 1.86. The number of nitrogens with zero attached hydrogens (tertiary/aromatic N) is 10. The van der Waals surface area contributed by atoms with Crippen LogP contribution in [0.3, 0.4) is 0 Å². The predicted octanol–water partition coefficient (Wildman–Crippen LogP) is 29.1. The Morgan fingerprint density at radius 2 is 0.569 bits per heavy atom. The molecule has 0 amide bonds. The van der Waals surface area contributed by atoms with Gasteiger partial charge in [0.2, 0.25) is 11.9 Å². The second-order valence-electron chi connectivity index (χ2n) is 32.0. The first kappa shape index (κ1) is 68.7. The van der Waals surface area contributed by atoms with Crippen molar-refractivity contribution in [2.24, 2.45) is 0 Å². The van der Waals surface area contributed by atoms with E-state index in [1.54, 1.807) is 0 Å². The van der Waals surface area contributed by atoms with Gasteiger partial charge in [0.05, 0.1) is 49.8 Å². The van der Waals surface area contributed by atoms with Gasteiger partial charge in [-0.2, -0.15) is 19.9 Å². The zero-order valence-electron chi connectivity index (χ0n) is 66.0. The SMILES string of the molecule is c1ccc(-c2nc(-c3ccccc3)nc(-n3c4ccccc4c4cc(-c5ccc6c7c5ccc5cccc(c57)n6-c5ccc6sc7ccccc7c6c5)ccc43)n2)cc1.c1ccc2c(-c3nc(-c4cccc5ccccc45)nc(-n4c5ccccc5c5cc(-c6ccc7c8c6ccc6cccc(c68)n7-c6cccc7ccccc67)ccc54)n3)cccc2c1. The fourth-order valence-corrected chi connectivity index (χ4v) is 20.9. The second kappa shape index (κ2) is 27.1. The number of aromatic nitrogens is 10. The molecule has 0 atom stereocenters. The van der Waals surface area contributed by atoms with E-state index in [9.17, 15) is 0 Å². The van der Waals surface area contributed by atoms with Crippen LogP contribution in [-0.4, -0.2) is 48.2 Å². The van der Waals surface area contributed by atoms with E-state index in [0.29, 0.717) is 35.2 Å². The van der Waals surface area contributed by atoms with Gasteiger partial charge in [0.25, 0.3) is 0 Å². The van der Waals surface area contributed by atoms with E-state index in [1.165, 1.54) is 124 Å². The number of thiophene rings is 1. The molecule has 123 heavy (non-hydrogen) atoms.